The molecule has 0 amide bonds. The smallest absolute Gasteiger partial charge is 0.756 e. The van der Waals surface area contributed by atoms with Gasteiger partial charge in [-0.2, -0.15) is 10.4 Å². The monoisotopic (exact) mass is 597 g/mol. The van der Waals surface area contributed by atoms with Crippen LogP contribution in [0.5, 0.6) is 0 Å². The van der Waals surface area contributed by atoms with Crippen LogP contribution in [0.25, 0.3) is 5.52 Å². The van der Waals surface area contributed by atoms with Crippen molar-refractivity contribution in [3.8, 4) is 6.07 Å². The van der Waals surface area contributed by atoms with Gasteiger partial charge in [-0.3, -0.25) is 13.7 Å². The first kappa shape index (κ1) is 37.2. The average molecular weight is 597 g/mol. The molecule has 18 nitrogen and oxygen atoms in total. The number of hydrogen-bond acceptors (Lipinski definition) is 16. The maximum Gasteiger partial charge on any atom is 1.00 e. The molecule has 5 N–H and O–H groups in total. The second-order valence-corrected chi connectivity index (χ2v) is 10.7. The number of anilines is 1. The summed E-state index contributed by atoms with van der Waals surface area (Å²) in [5.41, 5.74) is 3.50. The number of nitrogens with two attached hydrogens (primary N) is 1. The van der Waals surface area contributed by atoms with Crippen molar-refractivity contribution < 1.29 is 150 Å². The number of rotatable bonds is 8. The van der Waals surface area contributed by atoms with Crippen LogP contribution in [-0.4, -0.2) is 54.6 Å². The number of nitrogens with zero attached hydrogens (tertiary/aromatic N) is 4. The minimum absolute atomic E-state index is 0. The van der Waals surface area contributed by atoms with Crippen molar-refractivity contribution in [3.05, 3.63) is 24.2 Å². The number of phosphoric acid groups is 3. The van der Waals surface area contributed by atoms with Crippen molar-refractivity contribution >= 4 is 34.8 Å². The largest absolute Gasteiger partial charge is 1.00 e. The van der Waals surface area contributed by atoms with Gasteiger partial charge >= 0.3 is 88.7 Å². The molecular formula is C12H13N5Na3O13P3. The van der Waals surface area contributed by atoms with E-state index in [1.54, 1.807) is 6.07 Å². The zero-order chi connectivity index (χ0) is 24.8. The molecule has 3 unspecified atom stereocenters. The molecule has 182 valence electrons. The number of nitrogen functional groups attached to an aromatic ring is 1. The summed E-state index contributed by atoms with van der Waals surface area (Å²) in [6.07, 6.45) is -4.63. The van der Waals surface area contributed by atoms with E-state index in [0.717, 1.165) is 10.8 Å². The fraction of sp³-hybridized carbons (Fsp3) is 0.417. The predicted octanol–water partition coefficient (Wildman–Crippen LogP) is -12.4. The van der Waals surface area contributed by atoms with Gasteiger partial charge in [0.05, 0.1) is 12.3 Å². The Morgan fingerprint density at radius 3 is 2.33 bits per heavy atom. The van der Waals surface area contributed by atoms with Gasteiger partial charge in [0.15, 0.2) is 5.82 Å². The van der Waals surface area contributed by atoms with Crippen molar-refractivity contribution in [3.63, 3.8) is 0 Å². The normalized spacial score (nSPS) is 28.3. The number of ether oxygens (including phenoxy) is 1. The van der Waals surface area contributed by atoms with E-state index >= 15 is 0 Å². The van der Waals surface area contributed by atoms with Crippen LogP contribution in [0.1, 0.15) is 5.69 Å². The minimum atomic E-state index is -6.14. The topological polar surface area (TPSA) is 298 Å². The summed E-state index contributed by atoms with van der Waals surface area (Å²) in [5.74, 6) is 0.0106. The molecule has 36 heavy (non-hydrogen) atoms. The summed E-state index contributed by atoms with van der Waals surface area (Å²) in [5, 5.41) is 34.4. The number of aromatic nitrogens is 3. The third-order valence-electron chi connectivity index (χ3n) is 4.29. The van der Waals surface area contributed by atoms with Gasteiger partial charge in [-0.1, -0.05) is 0 Å². The number of fused-ring (bicyclic) bond motifs is 1. The zero-order valence-corrected chi connectivity index (χ0v) is 27.5. The number of hydrogen-bond donors (Lipinski definition) is 4. The molecule has 3 rings (SSSR count). The summed E-state index contributed by atoms with van der Waals surface area (Å²) < 4.78 is 50.7. The fourth-order valence-electron chi connectivity index (χ4n) is 3.00. The van der Waals surface area contributed by atoms with Gasteiger partial charge in [0.25, 0.3) is 23.5 Å². The summed E-state index contributed by atoms with van der Waals surface area (Å²) >= 11 is 0. The molecule has 0 radical (unpaired) electrons. The van der Waals surface area contributed by atoms with Crippen LogP contribution in [0, 0.1) is 11.3 Å². The molecule has 2 aromatic heterocycles. The Balaban J connectivity index is 0.00000408. The molecule has 0 saturated carbocycles. The van der Waals surface area contributed by atoms with Crippen LogP contribution in [0.3, 0.4) is 0 Å². The maximum absolute atomic E-state index is 11.7. The molecule has 7 atom stereocenters. The molecule has 3 heterocycles. The van der Waals surface area contributed by atoms with Gasteiger partial charge < -0.3 is 44.8 Å². The molecule has 24 heteroatoms. The van der Waals surface area contributed by atoms with Gasteiger partial charge in [0, 0.05) is 0 Å². The minimum Gasteiger partial charge on any atom is -0.756 e. The van der Waals surface area contributed by atoms with Crippen molar-refractivity contribution in [1.29, 1.82) is 5.26 Å². The van der Waals surface area contributed by atoms with E-state index in [-0.39, 0.29) is 106 Å². The molecule has 0 bridgehead atoms. The van der Waals surface area contributed by atoms with E-state index in [0.29, 0.717) is 0 Å². The number of aliphatic hydroxyl groups excluding tert-OH is 2. The van der Waals surface area contributed by atoms with E-state index < -0.39 is 54.0 Å². The Labute approximate surface area is 268 Å². The molecule has 1 aliphatic rings. The first-order valence-electron chi connectivity index (χ1n) is 8.38. The van der Waals surface area contributed by atoms with E-state index in [1.165, 1.54) is 12.1 Å². The SMILES string of the molecule is N#C[C@@]1(c2ccc3c(N)ncnn23)O[C@H](COP(=O)([O-])OP(=O)([O-])OP(=O)([O-])O)[C@@H](O)[C@H]1O.[Na+].[Na+].[Na+]. The Morgan fingerprint density at radius 1 is 1.17 bits per heavy atom. The summed E-state index contributed by atoms with van der Waals surface area (Å²) in [7, 11) is -17.9. The van der Waals surface area contributed by atoms with Gasteiger partial charge in [-0.25, -0.2) is 18.1 Å². The van der Waals surface area contributed by atoms with Crippen LogP contribution in [0.15, 0.2) is 18.5 Å². The van der Waals surface area contributed by atoms with Crippen LogP contribution < -0.4 is 109 Å². The van der Waals surface area contributed by atoms with Crippen molar-refractivity contribution in [2.24, 2.45) is 0 Å². The number of nitriles is 1. The zero-order valence-electron chi connectivity index (χ0n) is 18.8. The van der Waals surface area contributed by atoms with Gasteiger partial charge in [0.2, 0.25) is 5.60 Å². The van der Waals surface area contributed by atoms with E-state index in [1.807, 2.05) is 0 Å². The predicted molar refractivity (Wildman–Crippen MR) is 94.7 cm³/mol. The Hall–Kier alpha value is 1.20. The average Bonchev–Trinajstić information content (AvgIpc) is 3.20. The van der Waals surface area contributed by atoms with Gasteiger partial charge in [-0.05, 0) is 12.1 Å². The fourth-order valence-corrected chi connectivity index (χ4v) is 5.90. The van der Waals surface area contributed by atoms with E-state index in [2.05, 4.69) is 23.2 Å². The van der Waals surface area contributed by atoms with E-state index in [9.17, 15) is 43.9 Å². The van der Waals surface area contributed by atoms with Crippen molar-refractivity contribution in [1.82, 2.24) is 14.6 Å². The molecule has 2 aromatic rings. The quantitative estimate of drug-likeness (QED) is 0.162. The molecule has 1 saturated heterocycles. The Morgan fingerprint density at radius 2 is 1.78 bits per heavy atom. The summed E-state index contributed by atoms with van der Waals surface area (Å²) in [6.45, 7) is -1.20. The Bertz CT molecular complexity index is 1260. The molecular weight excluding hydrogens is 584 g/mol. The third kappa shape index (κ3) is 8.35. The maximum atomic E-state index is 11.7. The first-order valence-corrected chi connectivity index (χ1v) is 12.8. The molecule has 0 aliphatic carbocycles. The Kier molecular flexibility index (Phi) is 14.2. The van der Waals surface area contributed by atoms with Crippen LogP contribution in [0.4, 0.5) is 5.82 Å². The third-order valence-corrected chi connectivity index (χ3v) is 7.98. The van der Waals surface area contributed by atoms with Crippen LogP contribution in [0.2, 0.25) is 0 Å². The van der Waals surface area contributed by atoms with Crippen molar-refractivity contribution in [2.45, 2.75) is 23.9 Å². The van der Waals surface area contributed by atoms with Gasteiger partial charge in [0.1, 0.15) is 36.2 Å². The molecule has 0 aromatic carbocycles. The van der Waals surface area contributed by atoms with Crippen molar-refractivity contribution in [2.75, 3.05) is 12.3 Å². The van der Waals surface area contributed by atoms with E-state index in [4.69, 9.17) is 15.4 Å². The van der Waals surface area contributed by atoms with Gasteiger partial charge in [-0.15, -0.1) is 0 Å². The summed E-state index contributed by atoms with van der Waals surface area (Å²) in [6, 6.07) is 4.34. The second-order valence-electron chi connectivity index (χ2n) is 6.42. The standard InChI is InChI=1S/C12H16N5O13P3.3Na/c13-4-12(8-2-1-6-11(14)15-5-16-17(6)8)10(19)9(18)7(28-12)3-27-32(23,24)30-33(25,26)29-31(20,21)22;;;/h1-2,5,7,9-10,18-19H,3H2,(H,23,24)(H,25,26)(H2,14,15,16)(H2,20,21,22);;;/q;3*+1/p-3/t7-,9-,10-,12+;;;/m1.../s1. The molecule has 1 fully saturated rings. The van der Waals surface area contributed by atoms with Crippen LogP contribution in [-0.2, 0) is 37.2 Å². The van der Waals surface area contributed by atoms with Crippen LogP contribution >= 0.6 is 23.5 Å². The molecule has 1 aliphatic heterocycles. The number of phosphoric ester groups is 1. The molecule has 0 spiro atoms. The first-order chi connectivity index (χ1) is 15.1. The summed E-state index contributed by atoms with van der Waals surface area (Å²) in [4.78, 5) is 45.5. The number of aliphatic hydroxyl groups is 2. The second kappa shape index (κ2) is 13.7.